The molecule has 0 saturated carbocycles. The van der Waals surface area contributed by atoms with E-state index in [9.17, 15) is 9.59 Å². The maximum absolute atomic E-state index is 12.1. The van der Waals surface area contributed by atoms with Crippen molar-refractivity contribution in [1.29, 1.82) is 0 Å². The average molecular weight is 400 g/mol. The predicted molar refractivity (Wildman–Crippen MR) is 118 cm³/mol. The Morgan fingerprint density at radius 3 is 2.28 bits per heavy atom. The summed E-state index contributed by atoms with van der Waals surface area (Å²) in [5, 5.41) is 2.75. The Morgan fingerprint density at radius 2 is 1.76 bits per heavy atom. The molecular weight excluding hydrogens is 366 g/mol. The Bertz CT molecular complexity index is 816. The molecular formula is C24H33NO4. The Balaban J connectivity index is 0.00000204. The Kier molecular flexibility index (Phi) is 9.93. The lowest BCUT2D eigenvalue weighted by molar-refractivity contribution is -0.111. The van der Waals surface area contributed by atoms with Crippen molar-refractivity contribution in [2.75, 3.05) is 12.4 Å². The molecule has 0 radical (unpaired) electrons. The second kappa shape index (κ2) is 11.9. The van der Waals surface area contributed by atoms with E-state index in [1.807, 2.05) is 19.9 Å². The zero-order chi connectivity index (χ0) is 22.0. The van der Waals surface area contributed by atoms with E-state index in [1.165, 1.54) is 18.7 Å². The highest BCUT2D eigenvalue weighted by Gasteiger charge is 2.17. The Hall–Kier alpha value is -2.82. The van der Waals surface area contributed by atoms with Crippen LogP contribution in [0.3, 0.4) is 0 Å². The molecule has 0 spiro atoms. The molecule has 29 heavy (non-hydrogen) atoms. The molecule has 0 aliphatic heterocycles. The van der Waals surface area contributed by atoms with Gasteiger partial charge in [0.05, 0.1) is 12.7 Å². The third-order valence-corrected chi connectivity index (χ3v) is 4.45. The van der Waals surface area contributed by atoms with Crippen molar-refractivity contribution < 1.29 is 18.7 Å². The molecule has 5 nitrogen and oxygen atoms in total. The van der Waals surface area contributed by atoms with Gasteiger partial charge in [0.15, 0.2) is 0 Å². The SMILES string of the molecule is CC.CCC(C)c1cc(/C=C/C(=O)Nc2ccc(C(=O)OC)cc2)oc1C(C)C. The smallest absolute Gasteiger partial charge is 0.337 e. The summed E-state index contributed by atoms with van der Waals surface area (Å²) in [5.41, 5.74) is 2.23. The fourth-order valence-electron chi connectivity index (χ4n) is 2.73. The Labute approximate surface area is 174 Å². The summed E-state index contributed by atoms with van der Waals surface area (Å²) in [7, 11) is 1.33. The minimum atomic E-state index is -0.413. The summed E-state index contributed by atoms with van der Waals surface area (Å²) in [6.45, 7) is 12.5. The van der Waals surface area contributed by atoms with Crippen LogP contribution in [0.2, 0.25) is 0 Å². The molecule has 1 atom stereocenters. The zero-order valence-corrected chi connectivity index (χ0v) is 18.5. The molecule has 1 aromatic heterocycles. The normalized spacial score (nSPS) is 11.7. The van der Waals surface area contributed by atoms with E-state index in [-0.39, 0.29) is 5.91 Å². The largest absolute Gasteiger partial charge is 0.465 e. The van der Waals surface area contributed by atoms with Gasteiger partial charge in [0, 0.05) is 17.7 Å². The summed E-state index contributed by atoms with van der Waals surface area (Å²) in [6, 6.07) is 8.53. The molecule has 1 heterocycles. The molecule has 5 heteroatoms. The lowest BCUT2D eigenvalue weighted by Gasteiger charge is -2.10. The molecule has 1 amide bonds. The molecule has 0 fully saturated rings. The molecule has 1 aromatic carbocycles. The lowest BCUT2D eigenvalue weighted by atomic mass is 9.95. The van der Waals surface area contributed by atoms with Gasteiger partial charge >= 0.3 is 5.97 Å². The maximum Gasteiger partial charge on any atom is 0.337 e. The molecule has 0 saturated heterocycles. The molecule has 1 unspecified atom stereocenters. The molecule has 2 rings (SSSR count). The summed E-state index contributed by atoms with van der Waals surface area (Å²) >= 11 is 0. The highest BCUT2D eigenvalue weighted by atomic mass is 16.5. The van der Waals surface area contributed by atoms with Crippen LogP contribution in [-0.2, 0) is 9.53 Å². The van der Waals surface area contributed by atoms with Crippen LogP contribution < -0.4 is 5.32 Å². The molecule has 0 aliphatic rings. The van der Waals surface area contributed by atoms with Crippen molar-refractivity contribution >= 4 is 23.6 Å². The van der Waals surface area contributed by atoms with E-state index in [0.717, 1.165) is 12.2 Å². The number of carbonyl (C=O) groups is 2. The van der Waals surface area contributed by atoms with Gasteiger partial charge in [-0.3, -0.25) is 4.79 Å². The second-order valence-electron chi connectivity index (χ2n) is 6.82. The molecule has 2 aromatic rings. The fourth-order valence-corrected chi connectivity index (χ4v) is 2.73. The van der Waals surface area contributed by atoms with Gasteiger partial charge in [0.2, 0.25) is 5.91 Å². The van der Waals surface area contributed by atoms with Crippen molar-refractivity contribution in [3.05, 3.63) is 59.1 Å². The van der Waals surface area contributed by atoms with Crippen LogP contribution >= 0.6 is 0 Å². The molecule has 1 N–H and O–H groups in total. The van der Waals surface area contributed by atoms with Crippen molar-refractivity contribution in [2.24, 2.45) is 0 Å². The minimum Gasteiger partial charge on any atom is -0.465 e. The number of hydrogen-bond acceptors (Lipinski definition) is 4. The Morgan fingerprint density at radius 1 is 1.14 bits per heavy atom. The third-order valence-electron chi connectivity index (χ3n) is 4.45. The number of nitrogens with one attached hydrogen (secondary N) is 1. The van der Waals surface area contributed by atoms with Crippen LogP contribution in [-0.4, -0.2) is 19.0 Å². The summed E-state index contributed by atoms with van der Waals surface area (Å²) in [5.74, 6) is 1.67. The van der Waals surface area contributed by atoms with Gasteiger partial charge in [0.1, 0.15) is 11.5 Å². The van der Waals surface area contributed by atoms with E-state index in [0.29, 0.717) is 28.8 Å². The molecule has 0 aliphatic carbocycles. The summed E-state index contributed by atoms with van der Waals surface area (Å²) < 4.78 is 10.6. The van der Waals surface area contributed by atoms with Crippen LogP contribution in [0.4, 0.5) is 5.69 Å². The van der Waals surface area contributed by atoms with Gasteiger partial charge in [-0.15, -0.1) is 0 Å². The zero-order valence-electron chi connectivity index (χ0n) is 18.5. The van der Waals surface area contributed by atoms with E-state index in [1.54, 1.807) is 30.3 Å². The monoisotopic (exact) mass is 399 g/mol. The van der Waals surface area contributed by atoms with Gasteiger partial charge < -0.3 is 14.5 Å². The number of amides is 1. The van der Waals surface area contributed by atoms with Crippen molar-refractivity contribution in [2.45, 2.75) is 59.8 Å². The number of esters is 1. The van der Waals surface area contributed by atoms with Crippen LogP contribution in [0, 0.1) is 0 Å². The third kappa shape index (κ3) is 6.93. The first-order valence-electron chi connectivity index (χ1n) is 10.2. The number of carbonyl (C=O) groups excluding carboxylic acids is 2. The molecule has 0 bridgehead atoms. The molecule has 158 valence electrons. The van der Waals surface area contributed by atoms with E-state index in [2.05, 4.69) is 37.7 Å². The fraction of sp³-hybridized carbons (Fsp3) is 0.417. The number of hydrogen-bond donors (Lipinski definition) is 1. The highest BCUT2D eigenvalue weighted by Crippen LogP contribution is 2.31. The van der Waals surface area contributed by atoms with Gasteiger partial charge in [-0.05, 0) is 54.3 Å². The first kappa shape index (κ1) is 24.2. The average Bonchev–Trinajstić information content (AvgIpc) is 3.18. The first-order valence-corrected chi connectivity index (χ1v) is 10.2. The number of anilines is 1. The summed E-state index contributed by atoms with van der Waals surface area (Å²) in [4.78, 5) is 23.6. The predicted octanol–water partition coefficient (Wildman–Crippen LogP) is 6.38. The highest BCUT2D eigenvalue weighted by molar-refractivity contribution is 6.02. The first-order chi connectivity index (χ1) is 13.8. The standard InChI is InChI=1S/C22H27NO4.C2H6/c1-6-15(4)19-13-18(27-21(19)14(2)3)11-12-20(24)23-17-9-7-16(8-10-17)22(25)26-5;1-2/h7-15H,6H2,1-5H3,(H,23,24);1-2H3/b12-11+;. The topological polar surface area (TPSA) is 68.5 Å². The van der Waals surface area contributed by atoms with Gasteiger partial charge in [-0.25, -0.2) is 4.79 Å². The maximum atomic E-state index is 12.1. The quantitative estimate of drug-likeness (QED) is 0.433. The van der Waals surface area contributed by atoms with Crippen molar-refractivity contribution in [1.82, 2.24) is 0 Å². The van der Waals surface area contributed by atoms with E-state index < -0.39 is 5.97 Å². The van der Waals surface area contributed by atoms with E-state index in [4.69, 9.17) is 4.42 Å². The second-order valence-corrected chi connectivity index (χ2v) is 6.82. The van der Waals surface area contributed by atoms with Crippen LogP contribution in [0.1, 0.15) is 87.2 Å². The number of furan rings is 1. The van der Waals surface area contributed by atoms with Crippen molar-refractivity contribution in [3.63, 3.8) is 0 Å². The van der Waals surface area contributed by atoms with E-state index >= 15 is 0 Å². The van der Waals surface area contributed by atoms with Crippen LogP contribution in [0.15, 0.2) is 40.8 Å². The minimum absolute atomic E-state index is 0.270. The van der Waals surface area contributed by atoms with Gasteiger partial charge in [-0.2, -0.15) is 0 Å². The number of ether oxygens (including phenoxy) is 1. The van der Waals surface area contributed by atoms with Gasteiger partial charge in [0.25, 0.3) is 0 Å². The van der Waals surface area contributed by atoms with Crippen LogP contribution in [0.25, 0.3) is 6.08 Å². The number of methoxy groups -OCH3 is 1. The number of rotatable bonds is 7. The summed E-state index contributed by atoms with van der Waals surface area (Å²) in [6.07, 6.45) is 4.15. The van der Waals surface area contributed by atoms with Crippen LogP contribution in [0.5, 0.6) is 0 Å². The number of benzene rings is 1. The van der Waals surface area contributed by atoms with Crippen molar-refractivity contribution in [3.8, 4) is 0 Å². The lowest BCUT2D eigenvalue weighted by Crippen LogP contribution is -2.08. The van der Waals surface area contributed by atoms with Gasteiger partial charge in [-0.1, -0.05) is 41.5 Å².